The number of sulfone groups is 1. The van der Waals surface area contributed by atoms with Gasteiger partial charge in [0.15, 0.2) is 9.84 Å². The fourth-order valence-electron chi connectivity index (χ4n) is 3.81. The number of halogens is 1. The van der Waals surface area contributed by atoms with Crippen molar-refractivity contribution in [3.8, 4) is 0 Å². The van der Waals surface area contributed by atoms with Crippen LogP contribution in [0.5, 0.6) is 0 Å². The lowest BCUT2D eigenvalue weighted by Gasteiger charge is -2.23. The molecule has 0 radical (unpaired) electrons. The van der Waals surface area contributed by atoms with E-state index in [0.29, 0.717) is 5.69 Å². The molecule has 0 N–H and O–H groups in total. The fraction of sp³-hybridized carbons (Fsp3) is 0.316. The minimum absolute atomic E-state index is 0.0349. The van der Waals surface area contributed by atoms with E-state index in [0.717, 1.165) is 10.5 Å². The molecular formula is C19H19FN2O3S2. The summed E-state index contributed by atoms with van der Waals surface area (Å²) in [7, 11) is -3.22. The van der Waals surface area contributed by atoms with Crippen LogP contribution in [0.4, 0.5) is 14.9 Å². The molecule has 0 spiro atoms. The van der Waals surface area contributed by atoms with Gasteiger partial charge in [0, 0.05) is 17.1 Å². The van der Waals surface area contributed by atoms with E-state index in [2.05, 4.69) is 0 Å². The van der Waals surface area contributed by atoms with Gasteiger partial charge in [0.25, 0.3) is 0 Å². The van der Waals surface area contributed by atoms with Crippen molar-refractivity contribution < 1.29 is 17.6 Å². The Hall–Kier alpha value is -2.06. The number of hydrogen-bond donors (Lipinski definition) is 0. The molecule has 27 heavy (non-hydrogen) atoms. The highest BCUT2D eigenvalue weighted by atomic mass is 32.2. The minimum Gasteiger partial charge on any atom is -0.314 e. The molecule has 0 saturated carbocycles. The predicted molar refractivity (Wildman–Crippen MR) is 104 cm³/mol. The second kappa shape index (κ2) is 6.83. The molecule has 2 fully saturated rings. The van der Waals surface area contributed by atoms with Crippen molar-refractivity contribution in [3.05, 3.63) is 59.9 Å². The Morgan fingerprint density at radius 2 is 1.81 bits per heavy atom. The van der Waals surface area contributed by atoms with Crippen molar-refractivity contribution in [3.63, 3.8) is 0 Å². The van der Waals surface area contributed by atoms with Gasteiger partial charge in [-0.15, -0.1) is 11.8 Å². The lowest BCUT2D eigenvalue weighted by molar-refractivity contribution is 0.206. The van der Waals surface area contributed by atoms with Gasteiger partial charge in [0.05, 0.1) is 23.6 Å². The van der Waals surface area contributed by atoms with E-state index < -0.39 is 21.9 Å². The number of fused-ring (bicyclic) bond motifs is 1. The number of thioether (sulfide) groups is 1. The summed E-state index contributed by atoms with van der Waals surface area (Å²) in [5.74, 6) is -0.417. The second-order valence-corrected chi connectivity index (χ2v) is 9.85. The van der Waals surface area contributed by atoms with Crippen molar-refractivity contribution in [1.29, 1.82) is 0 Å². The van der Waals surface area contributed by atoms with E-state index in [4.69, 9.17) is 0 Å². The zero-order chi connectivity index (χ0) is 19.2. The standard InChI is InChI=1S/C19H19FN2O3S2/c1-26-16-4-2-3-15(9-16)22-18-12-27(24,25)11-17(18)21(19(22)23)10-13-5-7-14(20)8-6-13/h2-9,17-18H,10-12H2,1H3/t17-,18+/m0/s1. The van der Waals surface area contributed by atoms with Gasteiger partial charge in [-0.2, -0.15) is 0 Å². The van der Waals surface area contributed by atoms with Gasteiger partial charge in [0.2, 0.25) is 0 Å². The average molecular weight is 407 g/mol. The van der Waals surface area contributed by atoms with Crippen LogP contribution in [-0.4, -0.2) is 49.2 Å². The summed E-state index contributed by atoms with van der Waals surface area (Å²) in [6.45, 7) is 0.258. The van der Waals surface area contributed by atoms with Crippen LogP contribution in [0.2, 0.25) is 0 Å². The van der Waals surface area contributed by atoms with Crippen LogP contribution >= 0.6 is 11.8 Å². The molecule has 8 heteroatoms. The summed E-state index contributed by atoms with van der Waals surface area (Å²) >= 11 is 1.57. The molecule has 2 atom stereocenters. The number of amides is 2. The van der Waals surface area contributed by atoms with Crippen LogP contribution in [0, 0.1) is 5.82 Å². The number of anilines is 1. The van der Waals surface area contributed by atoms with Crippen molar-refractivity contribution in [2.45, 2.75) is 23.5 Å². The first-order chi connectivity index (χ1) is 12.9. The molecule has 0 unspecified atom stereocenters. The maximum absolute atomic E-state index is 13.2. The number of nitrogens with zero attached hydrogens (tertiary/aromatic N) is 2. The van der Waals surface area contributed by atoms with Gasteiger partial charge in [0.1, 0.15) is 5.82 Å². The maximum Gasteiger partial charge on any atom is 0.325 e. The quantitative estimate of drug-likeness (QED) is 0.578. The van der Waals surface area contributed by atoms with E-state index in [9.17, 15) is 17.6 Å². The molecule has 2 aromatic rings. The van der Waals surface area contributed by atoms with Gasteiger partial charge in [-0.25, -0.2) is 17.6 Å². The molecule has 0 aromatic heterocycles. The van der Waals surface area contributed by atoms with Crippen LogP contribution in [0.15, 0.2) is 53.4 Å². The van der Waals surface area contributed by atoms with Gasteiger partial charge in [-0.3, -0.25) is 4.90 Å². The normalized spacial score (nSPS) is 23.7. The summed E-state index contributed by atoms with van der Waals surface area (Å²) in [4.78, 5) is 17.4. The molecule has 4 rings (SSSR count). The number of urea groups is 1. The maximum atomic E-state index is 13.2. The highest BCUT2D eigenvalue weighted by Gasteiger charge is 2.53. The molecule has 0 aliphatic carbocycles. The Bertz CT molecular complexity index is 979. The molecule has 2 amide bonds. The summed E-state index contributed by atoms with van der Waals surface area (Å²) < 4.78 is 37.7. The molecule has 0 bridgehead atoms. The third kappa shape index (κ3) is 3.43. The van der Waals surface area contributed by atoms with Gasteiger partial charge in [-0.1, -0.05) is 18.2 Å². The zero-order valence-electron chi connectivity index (χ0n) is 14.7. The monoisotopic (exact) mass is 406 g/mol. The average Bonchev–Trinajstić information content (AvgIpc) is 3.07. The topological polar surface area (TPSA) is 57.7 Å². The van der Waals surface area contributed by atoms with E-state index in [1.807, 2.05) is 30.5 Å². The zero-order valence-corrected chi connectivity index (χ0v) is 16.3. The fourth-order valence-corrected chi connectivity index (χ4v) is 6.21. The number of carbonyl (C=O) groups excluding carboxylic acids is 1. The van der Waals surface area contributed by atoms with Crippen LogP contribution in [0.3, 0.4) is 0 Å². The Kier molecular flexibility index (Phi) is 4.63. The lowest BCUT2D eigenvalue weighted by Crippen LogP contribution is -2.37. The summed E-state index contributed by atoms with van der Waals surface area (Å²) in [5, 5.41) is 0. The van der Waals surface area contributed by atoms with Gasteiger partial charge in [-0.05, 0) is 42.2 Å². The van der Waals surface area contributed by atoms with Crippen molar-refractivity contribution in [1.82, 2.24) is 4.90 Å². The molecule has 2 saturated heterocycles. The third-order valence-electron chi connectivity index (χ3n) is 5.07. The minimum atomic E-state index is -3.22. The summed E-state index contributed by atoms with van der Waals surface area (Å²) in [6, 6.07) is 12.5. The first-order valence-electron chi connectivity index (χ1n) is 8.57. The van der Waals surface area contributed by atoms with Crippen molar-refractivity contribution in [2.24, 2.45) is 0 Å². The van der Waals surface area contributed by atoms with Crippen LogP contribution in [0.25, 0.3) is 0 Å². The Morgan fingerprint density at radius 1 is 1.11 bits per heavy atom. The number of hydrogen-bond acceptors (Lipinski definition) is 4. The van der Waals surface area contributed by atoms with Crippen molar-refractivity contribution >= 4 is 33.3 Å². The Balaban J connectivity index is 1.70. The molecule has 2 aromatic carbocycles. The highest BCUT2D eigenvalue weighted by Crippen LogP contribution is 2.36. The highest BCUT2D eigenvalue weighted by molar-refractivity contribution is 7.98. The lowest BCUT2D eigenvalue weighted by atomic mass is 10.1. The van der Waals surface area contributed by atoms with Crippen molar-refractivity contribution in [2.75, 3.05) is 22.7 Å². The van der Waals surface area contributed by atoms with E-state index in [1.54, 1.807) is 33.7 Å². The smallest absolute Gasteiger partial charge is 0.314 e. The van der Waals surface area contributed by atoms with Crippen LogP contribution in [0.1, 0.15) is 5.56 Å². The Labute approximate surface area is 162 Å². The molecular weight excluding hydrogens is 387 g/mol. The molecule has 2 heterocycles. The summed E-state index contributed by atoms with van der Waals surface area (Å²) in [5.41, 5.74) is 1.48. The third-order valence-corrected chi connectivity index (χ3v) is 7.50. The van der Waals surface area contributed by atoms with Gasteiger partial charge < -0.3 is 4.90 Å². The van der Waals surface area contributed by atoms with Crippen LogP contribution in [-0.2, 0) is 16.4 Å². The van der Waals surface area contributed by atoms with Gasteiger partial charge >= 0.3 is 6.03 Å². The molecule has 142 valence electrons. The Morgan fingerprint density at radius 3 is 2.52 bits per heavy atom. The van der Waals surface area contributed by atoms with E-state index in [-0.39, 0.29) is 29.9 Å². The largest absolute Gasteiger partial charge is 0.325 e. The number of rotatable bonds is 4. The first kappa shape index (κ1) is 18.3. The first-order valence-corrected chi connectivity index (χ1v) is 11.6. The van der Waals surface area contributed by atoms with E-state index >= 15 is 0 Å². The summed E-state index contributed by atoms with van der Waals surface area (Å²) in [6.07, 6.45) is 1.95. The molecule has 5 nitrogen and oxygen atoms in total. The second-order valence-electron chi connectivity index (χ2n) is 6.82. The molecule has 2 aliphatic rings. The predicted octanol–water partition coefficient (Wildman–Crippen LogP) is 3.16. The van der Waals surface area contributed by atoms with Crippen LogP contribution < -0.4 is 4.90 Å². The molecule has 2 aliphatic heterocycles. The number of carbonyl (C=O) groups is 1. The van der Waals surface area contributed by atoms with E-state index in [1.165, 1.54) is 12.1 Å². The number of benzene rings is 2. The SMILES string of the molecule is CSc1cccc(N2C(=O)N(Cc3ccc(F)cc3)[C@H]3CS(=O)(=O)C[C@H]32)c1.